The van der Waals surface area contributed by atoms with E-state index in [9.17, 15) is 5.11 Å². The number of nitrogens with zero attached hydrogens (tertiary/aromatic N) is 1. The molecule has 0 bridgehead atoms. The van der Waals surface area contributed by atoms with Gasteiger partial charge in [-0.05, 0) is 19.4 Å². The minimum absolute atomic E-state index is 0.128. The van der Waals surface area contributed by atoms with Crippen molar-refractivity contribution in [1.82, 2.24) is 10.2 Å². The lowest BCUT2D eigenvalue weighted by Gasteiger charge is -2.23. The molecule has 0 aromatic heterocycles. The van der Waals surface area contributed by atoms with E-state index in [-0.39, 0.29) is 6.10 Å². The lowest BCUT2D eigenvalue weighted by molar-refractivity contribution is 0.188. The summed E-state index contributed by atoms with van der Waals surface area (Å²) in [5, 5.41) is 12.7. The molecule has 3 nitrogen and oxygen atoms in total. The van der Waals surface area contributed by atoms with Crippen LogP contribution in [0.2, 0.25) is 0 Å². The third-order valence-corrected chi connectivity index (χ3v) is 3.05. The van der Waals surface area contributed by atoms with Crippen LogP contribution in [-0.2, 0) is 0 Å². The summed E-state index contributed by atoms with van der Waals surface area (Å²) in [6.45, 7) is 7.50. The summed E-state index contributed by atoms with van der Waals surface area (Å²) in [5.41, 5.74) is 0. The van der Waals surface area contributed by atoms with Crippen LogP contribution in [0.3, 0.4) is 0 Å². The number of aliphatic hydroxyl groups excluding tert-OH is 1. The molecular formula is C11H24N2O. The van der Waals surface area contributed by atoms with Gasteiger partial charge >= 0.3 is 0 Å². The summed E-state index contributed by atoms with van der Waals surface area (Å²) < 4.78 is 0. The van der Waals surface area contributed by atoms with Crippen molar-refractivity contribution < 1.29 is 5.11 Å². The van der Waals surface area contributed by atoms with Gasteiger partial charge in [0.15, 0.2) is 0 Å². The van der Waals surface area contributed by atoms with Crippen molar-refractivity contribution in [3.05, 3.63) is 0 Å². The van der Waals surface area contributed by atoms with Gasteiger partial charge in [0.2, 0.25) is 0 Å². The summed E-state index contributed by atoms with van der Waals surface area (Å²) in [6, 6.07) is 0.485. The van der Waals surface area contributed by atoms with Crippen molar-refractivity contribution in [1.29, 1.82) is 0 Å². The maximum absolute atomic E-state index is 9.36. The first kappa shape index (κ1) is 12.0. The number of hydrogen-bond donors (Lipinski definition) is 2. The topological polar surface area (TPSA) is 35.5 Å². The van der Waals surface area contributed by atoms with Gasteiger partial charge in [0.25, 0.3) is 0 Å². The Morgan fingerprint density at radius 1 is 1.57 bits per heavy atom. The van der Waals surface area contributed by atoms with Gasteiger partial charge < -0.3 is 15.3 Å². The second kappa shape index (κ2) is 5.69. The van der Waals surface area contributed by atoms with Crippen molar-refractivity contribution in [3.63, 3.8) is 0 Å². The van der Waals surface area contributed by atoms with E-state index in [1.165, 1.54) is 6.42 Å². The molecule has 0 saturated carbocycles. The Balaban J connectivity index is 2.16. The van der Waals surface area contributed by atoms with Gasteiger partial charge in [-0.25, -0.2) is 0 Å². The molecule has 1 rings (SSSR count). The van der Waals surface area contributed by atoms with E-state index in [1.807, 2.05) is 0 Å². The molecule has 0 aromatic rings. The highest BCUT2D eigenvalue weighted by Crippen LogP contribution is 2.09. The van der Waals surface area contributed by atoms with Gasteiger partial charge in [-0.15, -0.1) is 0 Å². The van der Waals surface area contributed by atoms with E-state index in [4.69, 9.17) is 0 Å². The average molecular weight is 200 g/mol. The van der Waals surface area contributed by atoms with E-state index in [0.29, 0.717) is 6.04 Å². The SMILES string of the molecule is CCC(C)CN(C)CC1CC(O)CN1. The highest BCUT2D eigenvalue weighted by Gasteiger charge is 2.22. The van der Waals surface area contributed by atoms with E-state index in [1.54, 1.807) is 0 Å². The molecule has 1 fully saturated rings. The van der Waals surface area contributed by atoms with Crippen molar-refractivity contribution in [3.8, 4) is 0 Å². The lowest BCUT2D eigenvalue weighted by Crippen LogP contribution is -2.37. The van der Waals surface area contributed by atoms with Crippen LogP contribution >= 0.6 is 0 Å². The Morgan fingerprint density at radius 3 is 2.79 bits per heavy atom. The zero-order chi connectivity index (χ0) is 10.6. The number of hydrogen-bond acceptors (Lipinski definition) is 3. The Labute approximate surface area is 87.5 Å². The van der Waals surface area contributed by atoms with Gasteiger partial charge in [0, 0.05) is 25.7 Å². The molecule has 0 radical (unpaired) electrons. The Hall–Kier alpha value is -0.120. The third-order valence-electron chi connectivity index (χ3n) is 3.05. The molecular weight excluding hydrogens is 176 g/mol. The lowest BCUT2D eigenvalue weighted by atomic mass is 10.1. The molecule has 0 amide bonds. The van der Waals surface area contributed by atoms with Crippen LogP contribution < -0.4 is 5.32 Å². The first-order valence-electron chi connectivity index (χ1n) is 5.71. The van der Waals surface area contributed by atoms with Crippen LogP contribution in [0.5, 0.6) is 0 Å². The van der Waals surface area contributed by atoms with E-state index < -0.39 is 0 Å². The quantitative estimate of drug-likeness (QED) is 0.685. The molecule has 3 atom stereocenters. The van der Waals surface area contributed by atoms with Gasteiger partial charge in [-0.2, -0.15) is 0 Å². The number of aliphatic hydroxyl groups is 1. The number of rotatable bonds is 5. The molecule has 84 valence electrons. The molecule has 2 N–H and O–H groups in total. The van der Waals surface area contributed by atoms with Crippen molar-refractivity contribution in [2.24, 2.45) is 5.92 Å². The first-order chi connectivity index (χ1) is 6.61. The standard InChI is InChI=1S/C11H24N2O/c1-4-9(2)7-13(3)8-10-5-11(14)6-12-10/h9-12,14H,4-8H2,1-3H3. The number of β-amino-alcohol motifs (C(OH)–C–C–N with tert-alkyl or cyclic N) is 1. The second-order valence-corrected chi connectivity index (χ2v) is 4.73. The van der Waals surface area contributed by atoms with E-state index in [2.05, 4.69) is 31.1 Å². The van der Waals surface area contributed by atoms with Crippen LogP contribution in [-0.4, -0.2) is 48.8 Å². The molecule has 1 aliphatic rings. The smallest absolute Gasteiger partial charge is 0.0680 e. The molecule has 1 heterocycles. The molecule has 0 aliphatic carbocycles. The fourth-order valence-electron chi connectivity index (χ4n) is 2.05. The molecule has 14 heavy (non-hydrogen) atoms. The highest BCUT2D eigenvalue weighted by atomic mass is 16.3. The predicted octanol–water partition coefficient (Wildman–Crippen LogP) is 0.687. The van der Waals surface area contributed by atoms with E-state index in [0.717, 1.165) is 32.0 Å². The Kier molecular flexibility index (Phi) is 4.85. The van der Waals surface area contributed by atoms with Crippen LogP contribution in [0, 0.1) is 5.92 Å². The maximum Gasteiger partial charge on any atom is 0.0680 e. The zero-order valence-electron chi connectivity index (χ0n) is 9.66. The highest BCUT2D eigenvalue weighted by molar-refractivity contribution is 4.83. The molecule has 1 aliphatic heterocycles. The van der Waals surface area contributed by atoms with Crippen LogP contribution in [0.4, 0.5) is 0 Å². The largest absolute Gasteiger partial charge is 0.392 e. The second-order valence-electron chi connectivity index (χ2n) is 4.73. The van der Waals surface area contributed by atoms with Crippen molar-refractivity contribution in [2.45, 2.75) is 38.8 Å². The fourth-order valence-corrected chi connectivity index (χ4v) is 2.05. The summed E-state index contributed by atoms with van der Waals surface area (Å²) in [7, 11) is 2.17. The molecule has 0 aromatic carbocycles. The third kappa shape index (κ3) is 3.95. The van der Waals surface area contributed by atoms with Gasteiger partial charge in [-0.3, -0.25) is 0 Å². The molecule has 3 heteroatoms. The van der Waals surface area contributed by atoms with Crippen LogP contribution in [0.25, 0.3) is 0 Å². The molecule has 0 spiro atoms. The summed E-state index contributed by atoms with van der Waals surface area (Å²) >= 11 is 0. The maximum atomic E-state index is 9.36. The minimum atomic E-state index is -0.128. The Bertz CT molecular complexity index is 163. The number of likely N-dealkylation sites (N-methyl/N-ethyl adjacent to an activating group) is 1. The van der Waals surface area contributed by atoms with Gasteiger partial charge in [-0.1, -0.05) is 20.3 Å². The Morgan fingerprint density at radius 2 is 2.29 bits per heavy atom. The molecule has 1 saturated heterocycles. The average Bonchev–Trinajstić information content (AvgIpc) is 2.50. The van der Waals surface area contributed by atoms with Gasteiger partial charge in [0.05, 0.1) is 6.10 Å². The van der Waals surface area contributed by atoms with Crippen molar-refractivity contribution >= 4 is 0 Å². The normalized spacial score (nSPS) is 29.8. The zero-order valence-corrected chi connectivity index (χ0v) is 9.66. The van der Waals surface area contributed by atoms with E-state index >= 15 is 0 Å². The summed E-state index contributed by atoms with van der Waals surface area (Å²) in [5.74, 6) is 0.770. The van der Waals surface area contributed by atoms with Crippen molar-refractivity contribution in [2.75, 3.05) is 26.7 Å². The summed E-state index contributed by atoms with van der Waals surface area (Å²) in [4.78, 5) is 2.36. The minimum Gasteiger partial charge on any atom is -0.392 e. The predicted molar refractivity (Wildman–Crippen MR) is 59.4 cm³/mol. The fraction of sp³-hybridized carbons (Fsp3) is 1.00. The molecule has 3 unspecified atom stereocenters. The first-order valence-corrected chi connectivity index (χ1v) is 5.71. The number of nitrogens with one attached hydrogen (secondary N) is 1. The van der Waals surface area contributed by atoms with Gasteiger partial charge in [0.1, 0.15) is 0 Å². The monoisotopic (exact) mass is 200 g/mol. The van der Waals surface area contributed by atoms with Crippen LogP contribution in [0.1, 0.15) is 26.7 Å². The summed E-state index contributed by atoms with van der Waals surface area (Å²) in [6.07, 6.45) is 2.02. The van der Waals surface area contributed by atoms with Crippen LogP contribution in [0.15, 0.2) is 0 Å².